The molecule has 0 unspecified atom stereocenters. The fourth-order valence-corrected chi connectivity index (χ4v) is 5.14. The van der Waals surface area contributed by atoms with Gasteiger partial charge >= 0.3 is 0 Å². The highest BCUT2D eigenvalue weighted by Gasteiger charge is 2.37. The Morgan fingerprint density at radius 2 is 1.90 bits per heavy atom. The molecule has 3 nitrogen and oxygen atoms in total. The number of methoxy groups -OCH3 is 1. The molecule has 1 aliphatic carbocycles. The Labute approximate surface area is 192 Å². The van der Waals surface area contributed by atoms with E-state index in [1.54, 1.807) is 7.11 Å². The highest BCUT2D eigenvalue weighted by Crippen LogP contribution is 2.50. The summed E-state index contributed by atoms with van der Waals surface area (Å²) in [6, 6.07) is 21.6. The maximum Gasteiger partial charge on any atom is 0.127 e. The molecule has 1 heterocycles. The van der Waals surface area contributed by atoms with Gasteiger partial charge in [-0.15, -0.1) is 0 Å². The van der Waals surface area contributed by atoms with Gasteiger partial charge in [0.15, 0.2) is 0 Å². The van der Waals surface area contributed by atoms with Crippen molar-refractivity contribution < 1.29 is 4.74 Å². The zero-order chi connectivity index (χ0) is 21.4. The molecule has 0 saturated heterocycles. The fourth-order valence-electron chi connectivity index (χ4n) is 4.76. The Hall–Kier alpha value is -2.85. The lowest BCUT2D eigenvalue weighted by molar-refractivity contribution is 0.414. The standard InChI is InChI=1S/C27H25BrN2O/c1-17-6-12-25-24(14-17)22-4-3-5-23(22)27(30-25)18-7-10-21(11-8-18)29-16-19-15-20(28)9-13-26(19)31-2/h3-4,6-16,22-23,27,30H,5H2,1-2H3/t22-,23+,27-/m0/s1. The summed E-state index contributed by atoms with van der Waals surface area (Å²) in [6.45, 7) is 2.17. The predicted molar refractivity (Wildman–Crippen MR) is 132 cm³/mol. The molecule has 4 heteroatoms. The van der Waals surface area contributed by atoms with Gasteiger partial charge in [0.05, 0.1) is 18.8 Å². The highest BCUT2D eigenvalue weighted by atomic mass is 79.9. The van der Waals surface area contributed by atoms with Gasteiger partial charge in [-0.05, 0) is 66.8 Å². The Kier molecular flexibility index (Phi) is 5.41. The molecule has 31 heavy (non-hydrogen) atoms. The number of ether oxygens (including phenoxy) is 1. The number of hydrogen-bond donors (Lipinski definition) is 1. The number of nitrogens with zero attached hydrogens (tertiary/aromatic N) is 1. The summed E-state index contributed by atoms with van der Waals surface area (Å²) in [7, 11) is 1.68. The lowest BCUT2D eigenvalue weighted by Gasteiger charge is -2.37. The zero-order valence-electron chi connectivity index (χ0n) is 17.7. The van der Waals surface area contributed by atoms with Crippen LogP contribution in [0.1, 0.15) is 40.6 Å². The Bertz CT molecular complexity index is 1170. The number of hydrogen-bond acceptors (Lipinski definition) is 3. The van der Waals surface area contributed by atoms with E-state index >= 15 is 0 Å². The van der Waals surface area contributed by atoms with Crippen LogP contribution in [0.4, 0.5) is 11.4 Å². The first-order valence-electron chi connectivity index (χ1n) is 10.6. The number of fused-ring (bicyclic) bond motifs is 3. The quantitative estimate of drug-likeness (QED) is 0.318. The zero-order valence-corrected chi connectivity index (χ0v) is 19.3. The number of halogens is 1. The summed E-state index contributed by atoms with van der Waals surface area (Å²) in [5.41, 5.74) is 7.19. The molecule has 5 rings (SSSR count). The van der Waals surface area contributed by atoms with E-state index in [1.165, 1.54) is 22.4 Å². The van der Waals surface area contributed by atoms with Crippen LogP contribution in [-0.2, 0) is 0 Å². The van der Waals surface area contributed by atoms with Gasteiger partial charge in [0, 0.05) is 27.9 Å². The number of aliphatic imine (C=N–C) groups is 1. The van der Waals surface area contributed by atoms with Crippen molar-refractivity contribution in [2.45, 2.75) is 25.3 Å². The molecule has 0 spiro atoms. The highest BCUT2D eigenvalue weighted by molar-refractivity contribution is 9.10. The van der Waals surface area contributed by atoms with Gasteiger partial charge in [0.25, 0.3) is 0 Å². The molecule has 1 aliphatic heterocycles. The van der Waals surface area contributed by atoms with Crippen LogP contribution in [0.25, 0.3) is 0 Å². The van der Waals surface area contributed by atoms with Gasteiger partial charge in [-0.3, -0.25) is 4.99 Å². The Morgan fingerprint density at radius 1 is 1.06 bits per heavy atom. The molecule has 3 aromatic carbocycles. The number of benzene rings is 3. The molecule has 0 fully saturated rings. The van der Waals surface area contributed by atoms with E-state index in [0.717, 1.165) is 27.9 Å². The second kappa shape index (κ2) is 8.35. The number of allylic oxidation sites excluding steroid dienone is 2. The molecule has 0 radical (unpaired) electrons. The number of anilines is 1. The van der Waals surface area contributed by atoms with E-state index in [-0.39, 0.29) is 0 Å². The third-order valence-corrected chi connectivity index (χ3v) is 6.81. The lowest BCUT2D eigenvalue weighted by Crippen LogP contribution is -2.29. The van der Waals surface area contributed by atoms with E-state index in [2.05, 4.69) is 87.8 Å². The fraction of sp³-hybridized carbons (Fsp3) is 0.222. The van der Waals surface area contributed by atoms with Gasteiger partial charge in [0.1, 0.15) is 5.75 Å². The van der Waals surface area contributed by atoms with Crippen molar-refractivity contribution >= 4 is 33.5 Å². The summed E-state index contributed by atoms with van der Waals surface area (Å²) >= 11 is 3.51. The normalized spacial score (nSPS) is 21.6. The number of nitrogens with one attached hydrogen (secondary N) is 1. The van der Waals surface area contributed by atoms with E-state index in [1.807, 2.05) is 24.4 Å². The van der Waals surface area contributed by atoms with Gasteiger partial charge in [-0.25, -0.2) is 0 Å². The maximum absolute atomic E-state index is 5.44. The molecule has 0 saturated carbocycles. The van der Waals surface area contributed by atoms with Crippen molar-refractivity contribution in [3.05, 3.63) is 99.5 Å². The SMILES string of the molecule is COc1ccc(Br)cc1C=Nc1ccc([C@@H]2Nc3ccc(C)cc3[C@H]3C=CC[C@H]32)cc1. The Morgan fingerprint density at radius 3 is 2.71 bits per heavy atom. The van der Waals surface area contributed by atoms with E-state index in [9.17, 15) is 0 Å². The van der Waals surface area contributed by atoms with Crippen LogP contribution in [0.15, 0.2) is 82.3 Å². The van der Waals surface area contributed by atoms with Crippen molar-refractivity contribution in [3.8, 4) is 5.75 Å². The van der Waals surface area contributed by atoms with Crippen LogP contribution in [0.2, 0.25) is 0 Å². The monoisotopic (exact) mass is 472 g/mol. The maximum atomic E-state index is 5.44. The molecule has 1 N–H and O–H groups in total. The smallest absolute Gasteiger partial charge is 0.127 e. The third-order valence-electron chi connectivity index (χ3n) is 6.31. The predicted octanol–water partition coefficient (Wildman–Crippen LogP) is 7.34. The van der Waals surface area contributed by atoms with Crippen molar-refractivity contribution in [1.29, 1.82) is 0 Å². The van der Waals surface area contributed by atoms with Crippen LogP contribution in [-0.4, -0.2) is 13.3 Å². The van der Waals surface area contributed by atoms with Gasteiger partial charge < -0.3 is 10.1 Å². The van der Waals surface area contributed by atoms with Crippen molar-refractivity contribution in [3.63, 3.8) is 0 Å². The van der Waals surface area contributed by atoms with Gasteiger partial charge in [-0.2, -0.15) is 0 Å². The summed E-state index contributed by atoms with van der Waals surface area (Å²) in [5, 5.41) is 3.81. The molecule has 0 aromatic heterocycles. The molecule has 3 aromatic rings. The molecular weight excluding hydrogens is 448 g/mol. The summed E-state index contributed by atoms with van der Waals surface area (Å²) in [5.74, 6) is 1.85. The average molecular weight is 473 g/mol. The van der Waals surface area contributed by atoms with Crippen LogP contribution >= 0.6 is 15.9 Å². The van der Waals surface area contributed by atoms with Gasteiger partial charge in [-0.1, -0.05) is 57.9 Å². The average Bonchev–Trinajstić information content (AvgIpc) is 3.28. The molecular formula is C27H25BrN2O. The van der Waals surface area contributed by atoms with Crippen molar-refractivity contribution in [2.75, 3.05) is 12.4 Å². The van der Waals surface area contributed by atoms with Crippen LogP contribution in [0.3, 0.4) is 0 Å². The summed E-state index contributed by atoms with van der Waals surface area (Å²) < 4.78 is 6.44. The lowest BCUT2D eigenvalue weighted by atomic mass is 9.76. The van der Waals surface area contributed by atoms with E-state index in [4.69, 9.17) is 4.74 Å². The summed E-state index contributed by atoms with van der Waals surface area (Å²) in [4.78, 5) is 4.67. The van der Waals surface area contributed by atoms with Gasteiger partial charge in [0.2, 0.25) is 0 Å². The molecule has 0 bridgehead atoms. The second-order valence-electron chi connectivity index (χ2n) is 8.30. The largest absolute Gasteiger partial charge is 0.496 e. The van der Waals surface area contributed by atoms with E-state index in [0.29, 0.717) is 17.9 Å². The minimum atomic E-state index is 0.304. The van der Waals surface area contributed by atoms with Crippen molar-refractivity contribution in [2.24, 2.45) is 10.9 Å². The van der Waals surface area contributed by atoms with E-state index < -0.39 is 0 Å². The number of aryl methyl sites for hydroxylation is 1. The number of rotatable bonds is 4. The van der Waals surface area contributed by atoms with Crippen LogP contribution in [0, 0.1) is 12.8 Å². The Balaban J connectivity index is 1.39. The van der Waals surface area contributed by atoms with Crippen LogP contribution < -0.4 is 10.1 Å². The topological polar surface area (TPSA) is 33.6 Å². The first-order valence-corrected chi connectivity index (χ1v) is 11.4. The molecule has 3 atom stereocenters. The minimum absolute atomic E-state index is 0.304. The molecule has 156 valence electrons. The summed E-state index contributed by atoms with van der Waals surface area (Å²) in [6.07, 6.45) is 7.69. The van der Waals surface area contributed by atoms with Crippen LogP contribution in [0.5, 0.6) is 5.75 Å². The third kappa shape index (κ3) is 3.92. The second-order valence-corrected chi connectivity index (χ2v) is 9.22. The first kappa shape index (κ1) is 20.1. The molecule has 2 aliphatic rings. The molecule has 0 amide bonds. The first-order chi connectivity index (χ1) is 15.1. The minimum Gasteiger partial charge on any atom is -0.496 e. The van der Waals surface area contributed by atoms with Crippen molar-refractivity contribution in [1.82, 2.24) is 0 Å².